The number of carboxylic acid groups (broad SMARTS) is 1. The van der Waals surface area contributed by atoms with Crippen LogP contribution in [-0.2, 0) is 4.79 Å². The fourth-order valence-electron chi connectivity index (χ4n) is 1.29. The number of hydrogen-bond donors (Lipinski definition) is 1. The van der Waals surface area contributed by atoms with E-state index >= 15 is 0 Å². The van der Waals surface area contributed by atoms with E-state index in [1.165, 1.54) is 11.8 Å². The van der Waals surface area contributed by atoms with Crippen LogP contribution in [0.15, 0.2) is 0 Å². The molecule has 0 spiro atoms. The predicted octanol–water partition coefficient (Wildman–Crippen LogP) is 3.65. The number of hydrogen-bond acceptors (Lipinski definition) is 2. The summed E-state index contributed by atoms with van der Waals surface area (Å²) in [5.41, 5.74) is -0.306. The fourth-order valence-corrected chi connectivity index (χ4v) is 2.54. The molecule has 0 saturated heterocycles. The molecule has 0 fully saturated rings. The first-order valence-corrected chi connectivity index (χ1v) is 6.42. The van der Waals surface area contributed by atoms with Crippen LogP contribution in [-0.4, -0.2) is 28.5 Å². The maximum Gasteiger partial charge on any atom is 0.317 e. The molecule has 0 heterocycles. The van der Waals surface area contributed by atoms with Crippen LogP contribution < -0.4 is 0 Å². The Labute approximate surface area is 99.8 Å². The molecule has 1 N–H and O–H groups in total. The maximum atomic E-state index is 11.8. The number of halogens is 2. The summed E-state index contributed by atoms with van der Waals surface area (Å²) in [7, 11) is 0. The molecule has 0 bridgehead atoms. The Balaban J connectivity index is 3.83. The van der Waals surface area contributed by atoms with Crippen molar-refractivity contribution >= 4 is 17.7 Å². The van der Waals surface area contributed by atoms with Crippen LogP contribution >= 0.6 is 11.8 Å². The van der Waals surface area contributed by atoms with Gasteiger partial charge in [0.15, 0.2) is 0 Å². The molecule has 0 aromatic carbocycles. The van der Waals surface area contributed by atoms with Crippen molar-refractivity contribution in [3.63, 3.8) is 0 Å². The predicted molar refractivity (Wildman–Crippen MR) is 63.2 cm³/mol. The smallest absolute Gasteiger partial charge is 0.317 e. The topological polar surface area (TPSA) is 37.3 Å². The lowest BCUT2D eigenvalue weighted by molar-refractivity contribution is -0.138. The van der Waals surface area contributed by atoms with E-state index in [1.807, 2.05) is 20.8 Å². The molecule has 96 valence electrons. The minimum atomic E-state index is -2.25. The minimum Gasteiger partial charge on any atom is -0.480 e. The van der Waals surface area contributed by atoms with Crippen LogP contribution in [0.3, 0.4) is 0 Å². The van der Waals surface area contributed by atoms with Crippen LogP contribution in [0.1, 0.15) is 40.0 Å². The molecule has 0 amide bonds. The molecule has 5 heteroatoms. The van der Waals surface area contributed by atoms with E-state index in [1.54, 1.807) is 0 Å². The third-order valence-electron chi connectivity index (χ3n) is 2.11. The van der Waals surface area contributed by atoms with Gasteiger partial charge in [-0.15, -0.1) is 11.8 Å². The zero-order chi connectivity index (χ0) is 12.8. The van der Waals surface area contributed by atoms with Gasteiger partial charge < -0.3 is 5.11 Å². The second kappa shape index (κ2) is 7.09. The minimum absolute atomic E-state index is 0.0895. The first-order chi connectivity index (χ1) is 7.25. The first kappa shape index (κ1) is 15.7. The average Bonchev–Trinajstić information content (AvgIpc) is 2.07. The largest absolute Gasteiger partial charge is 0.480 e. The molecule has 16 heavy (non-hydrogen) atoms. The van der Waals surface area contributed by atoms with Crippen molar-refractivity contribution in [1.82, 2.24) is 0 Å². The lowest BCUT2D eigenvalue weighted by atomic mass is 9.92. The Morgan fingerprint density at radius 3 is 2.25 bits per heavy atom. The highest BCUT2D eigenvalue weighted by atomic mass is 32.2. The number of aliphatic carboxylic acids is 1. The second-order valence-electron chi connectivity index (χ2n) is 4.84. The van der Waals surface area contributed by atoms with E-state index < -0.39 is 17.6 Å². The van der Waals surface area contributed by atoms with Crippen molar-refractivity contribution in [2.45, 2.75) is 51.7 Å². The van der Waals surface area contributed by atoms with E-state index in [9.17, 15) is 13.6 Å². The number of carboxylic acids is 1. The van der Waals surface area contributed by atoms with Gasteiger partial charge in [0.1, 0.15) is 5.25 Å². The molecular formula is C11H20F2O2S. The van der Waals surface area contributed by atoms with E-state index in [0.717, 1.165) is 0 Å². The molecular weight excluding hydrogens is 234 g/mol. The van der Waals surface area contributed by atoms with Crippen molar-refractivity contribution < 1.29 is 18.7 Å². The van der Waals surface area contributed by atoms with Gasteiger partial charge in [-0.1, -0.05) is 20.8 Å². The van der Waals surface area contributed by atoms with Crippen molar-refractivity contribution in [1.29, 1.82) is 0 Å². The van der Waals surface area contributed by atoms with E-state index in [-0.39, 0.29) is 11.8 Å². The third-order valence-corrected chi connectivity index (χ3v) is 3.88. The highest BCUT2D eigenvalue weighted by Crippen LogP contribution is 2.31. The van der Waals surface area contributed by atoms with Gasteiger partial charge in [0.25, 0.3) is 0 Å². The van der Waals surface area contributed by atoms with Crippen molar-refractivity contribution in [2.24, 2.45) is 5.41 Å². The normalized spacial score (nSPS) is 14.1. The zero-order valence-electron chi connectivity index (χ0n) is 10.0. The molecule has 0 aromatic rings. The first-order valence-electron chi connectivity index (χ1n) is 5.37. The van der Waals surface area contributed by atoms with Gasteiger partial charge in [-0.3, -0.25) is 4.79 Å². The molecule has 0 aromatic heterocycles. The molecule has 0 aliphatic carbocycles. The molecule has 0 rings (SSSR count). The molecule has 0 aliphatic rings. The quantitative estimate of drug-likeness (QED) is 0.704. The summed E-state index contributed by atoms with van der Waals surface area (Å²) in [5, 5.41) is 8.54. The van der Waals surface area contributed by atoms with Gasteiger partial charge in [0, 0.05) is 6.42 Å². The Hall–Kier alpha value is -0.320. The molecule has 0 saturated carbocycles. The van der Waals surface area contributed by atoms with Crippen LogP contribution in [0, 0.1) is 5.41 Å². The standard InChI is InChI=1S/C11H20F2O2S/c1-11(2,3)9(10(14)15)16-7-5-4-6-8(12)13/h8-9H,4-7H2,1-3H3,(H,14,15). The van der Waals surface area contributed by atoms with E-state index in [0.29, 0.717) is 18.6 Å². The Bertz CT molecular complexity index is 215. The van der Waals surface area contributed by atoms with Crippen LogP contribution in [0.5, 0.6) is 0 Å². The monoisotopic (exact) mass is 254 g/mol. The summed E-state index contributed by atoms with van der Waals surface area (Å²) in [6.07, 6.45) is -1.23. The lowest BCUT2D eigenvalue weighted by Gasteiger charge is -2.26. The number of carbonyl (C=O) groups is 1. The second-order valence-corrected chi connectivity index (χ2v) is 6.05. The third kappa shape index (κ3) is 7.04. The van der Waals surface area contributed by atoms with E-state index in [2.05, 4.69) is 0 Å². The summed E-state index contributed by atoms with van der Waals surface area (Å²) in [4.78, 5) is 11.0. The van der Waals surface area contributed by atoms with Gasteiger partial charge in [-0.25, -0.2) is 8.78 Å². The highest BCUT2D eigenvalue weighted by molar-refractivity contribution is 8.00. The zero-order valence-corrected chi connectivity index (χ0v) is 10.8. The van der Waals surface area contributed by atoms with Crippen LogP contribution in [0.4, 0.5) is 8.78 Å². The van der Waals surface area contributed by atoms with Crippen molar-refractivity contribution in [3.8, 4) is 0 Å². The Morgan fingerprint density at radius 1 is 1.31 bits per heavy atom. The SMILES string of the molecule is CC(C)(C)C(SCCCCC(F)F)C(=O)O. The molecule has 0 aliphatic heterocycles. The summed E-state index contributed by atoms with van der Waals surface area (Å²) in [6, 6.07) is 0. The number of rotatable bonds is 7. The summed E-state index contributed by atoms with van der Waals surface area (Å²) in [5.74, 6) is -0.201. The van der Waals surface area contributed by atoms with Gasteiger partial charge in [-0.05, 0) is 24.0 Å². The van der Waals surface area contributed by atoms with Gasteiger partial charge in [0.05, 0.1) is 0 Å². The van der Waals surface area contributed by atoms with Crippen molar-refractivity contribution in [3.05, 3.63) is 0 Å². The summed E-state index contributed by atoms with van der Waals surface area (Å²) >= 11 is 1.34. The number of unbranched alkanes of at least 4 members (excludes halogenated alkanes) is 1. The maximum absolute atomic E-state index is 11.8. The summed E-state index contributed by atoms with van der Waals surface area (Å²) < 4.78 is 23.7. The van der Waals surface area contributed by atoms with Gasteiger partial charge in [0.2, 0.25) is 6.43 Å². The number of alkyl halides is 2. The average molecular weight is 254 g/mol. The van der Waals surface area contributed by atoms with Crippen LogP contribution in [0.25, 0.3) is 0 Å². The van der Waals surface area contributed by atoms with Gasteiger partial charge >= 0.3 is 5.97 Å². The molecule has 1 unspecified atom stereocenters. The van der Waals surface area contributed by atoms with Crippen molar-refractivity contribution in [2.75, 3.05) is 5.75 Å². The lowest BCUT2D eigenvalue weighted by Crippen LogP contribution is -2.31. The molecule has 1 atom stereocenters. The number of thioether (sulfide) groups is 1. The summed E-state index contributed by atoms with van der Waals surface area (Å²) in [6.45, 7) is 5.62. The van der Waals surface area contributed by atoms with Gasteiger partial charge in [-0.2, -0.15) is 0 Å². The Kier molecular flexibility index (Phi) is 6.95. The van der Waals surface area contributed by atoms with E-state index in [4.69, 9.17) is 5.11 Å². The Morgan fingerprint density at radius 2 is 1.88 bits per heavy atom. The highest BCUT2D eigenvalue weighted by Gasteiger charge is 2.31. The fraction of sp³-hybridized carbons (Fsp3) is 0.909. The van der Waals surface area contributed by atoms with Crippen LogP contribution in [0.2, 0.25) is 0 Å². The molecule has 2 nitrogen and oxygen atoms in total. The molecule has 0 radical (unpaired) electrons.